The number of hydrogen-bond acceptors (Lipinski definition) is 4. The largest absolute Gasteiger partial charge is 0.478 e. The molecule has 0 fully saturated rings. The van der Waals surface area contributed by atoms with Gasteiger partial charge in [0, 0.05) is 12.4 Å². The zero-order valence-electron chi connectivity index (χ0n) is 8.07. The third-order valence-corrected chi connectivity index (χ3v) is 1.96. The molecule has 6 heteroatoms. The standard InChI is InChI=1S/C10H7N3O3/c14-6-7-3-5-13(12-7)9-8(10(15)16)2-1-4-11-9/h1-6H,(H,15,16). The molecule has 1 N–H and O–H groups in total. The maximum absolute atomic E-state index is 10.9. The molecule has 2 aromatic rings. The molecule has 0 radical (unpaired) electrons. The lowest BCUT2D eigenvalue weighted by atomic mass is 10.2. The molecule has 16 heavy (non-hydrogen) atoms. The Bertz CT molecular complexity index is 548. The van der Waals surface area contributed by atoms with E-state index in [0.717, 1.165) is 0 Å². The highest BCUT2D eigenvalue weighted by atomic mass is 16.4. The van der Waals surface area contributed by atoms with Crippen LogP contribution in [0.25, 0.3) is 5.82 Å². The van der Waals surface area contributed by atoms with E-state index in [9.17, 15) is 9.59 Å². The molecule has 0 atom stereocenters. The zero-order chi connectivity index (χ0) is 11.5. The first kappa shape index (κ1) is 10.0. The van der Waals surface area contributed by atoms with E-state index in [1.54, 1.807) is 0 Å². The first-order valence-corrected chi connectivity index (χ1v) is 4.42. The van der Waals surface area contributed by atoms with Crippen molar-refractivity contribution >= 4 is 12.3 Å². The van der Waals surface area contributed by atoms with Crippen LogP contribution in [0.4, 0.5) is 0 Å². The number of aromatic carboxylic acids is 1. The molecule has 0 saturated carbocycles. The lowest BCUT2D eigenvalue weighted by Gasteiger charge is -2.03. The molecular weight excluding hydrogens is 210 g/mol. The highest BCUT2D eigenvalue weighted by molar-refractivity contribution is 5.91. The maximum Gasteiger partial charge on any atom is 0.339 e. The number of pyridine rings is 1. The van der Waals surface area contributed by atoms with E-state index in [1.807, 2.05) is 0 Å². The molecule has 0 aromatic carbocycles. The Hall–Kier alpha value is -2.50. The molecule has 6 nitrogen and oxygen atoms in total. The topological polar surface area (TPSA) is 85.1 Å². The molecule has 0 bridgehead atoms. The van der Waals surface area contributed by atoms with Gasteiger partial charge in [-0.05, 0) is 18.2 Å². The van der Waals surface area contributed by atoms with Crippen molar-refractivity contribution in [2.75, 3.05) is 0 Å². The fourth-order valence-corrected chi connectivity index (χ4v) is 1.27. The van der Waals surface area contributed by atoms with Gasteiger partial charge in [-0.3, -0.25) is 4.79 Å². The fraction of sp³-hybridized carbons (Fsp3) is 0. The molecule has 2 rings (SSSR count). The second-order valence-electron chi connectivity index (χ2n) is 2.98. The van der Waals surface area contributed by atoms with E-state index in [0.29, 0.717) is 6.29 Å². The zero-order valence-corrected chi connectivity index (χ0v) is 8.07. The lowest BCUT2D eigenvalue weighted by Crippen LogP contribution is -2.08. The van der Waals surface area contributed by atoms with Crippen molar-refractivity contribution < 1.29 is 14.7 Å². The minimum atomic E-state index is -1.09. The summed E-state index contributed by atoms with van der Waals surface area (Å²) < 4.78 is 1.26. The third-order valence-electron chi connectivity index (χ3n) is 1.96. The summed E-state index contributed by atoms with van der Waals surface area (Å²) in [5.74, 6) is -0.908. The molecule has 2 aromatic heterocycles. The molecule has 0 saturated heterocycles. The van der Waals surface area contributed by atoms with Crippen molar-refractivity contribution in [2.45, 2.75) is 0 Å². The van der Waals surface area contributed by atoms with Gasteiger partial charge in [0.2, 0.25) is 0 Å². The molecule has 0 aliphatic carbocycles. The summed E-state index contributed by atoms with van der Waals surface area (Å²) in [4.78, 5) is 25.3. The lowest BCUT2D eigenvalue weighted by molar-refractivity contribution is 0.0696. The molecule has 0 aliphatic rings. The number of hydrogen-bond donors (Lipinski definition) is 1. The van der Waals surface area contributed by atoms with Crippen molar-refractivity contribution in [1.29, 1.82) is 0 Å². The van der Waals surface area contributed by atoms with E-state index in [2.05, 4.69) is 10.1 Å². The average molecular weight is 217 g/mol. The van der Waals surface area contributed by atoms with E-state index >= 15 is 0 Å². The van der Waals surface area contributed by atoms with Crippen molar-refractivity contribution in [3.63, 3.8) is 0 Å². The van der Waals surface area contributed by atoms with Crippen molar-refractivity contribution in [2.24, 2.45) is 0 Å². The quantitative estimate of drug-likeness (QED) is 0.768. The number of carbonyl (C=O) groups is 2. The molecule has 0 amide bonds. The number of carboxylic acid groups (broad SMARTS) is 1. The predicted molar refractivity (Wildman–Crippen MR) is 53.7 cm³/mol. The predicted octanol–water partition coefficient (Wildman–Crippen LogP) is 0.778. The van der Waals surface area contributed by atoms with Crippen molar-refractivity contribution in [1.82, 2.24) is 14.8 Å². The van der Waals surface area contributed by atoms with E-state index in [-0.39, 0.29) is 17.1 Å². The van der Waals surface area contributed by atoms with E-state index < -0.39 is 5.97 Å². The Morgan fingerprint density at radius 2 is 2.25 bits per heavy atom. The van der Waals surface area contributed by atoms with Crippen LogP contribution in [-0.4, -0.2) is 32.1 Å². The van der Waals surface area contributed by atoms with Crippen LogP contribution in [0.5, 0.6) is 0 Å². The van der Waals surface area contributed by atoms with Gasteiger partial charge in [0.1, 0.15) is 11.3 Å². The minimum Gasteiger partial charge on any atom is -0.478 e. The van der Waals surface area contributed by atoms with Crippen LogP contribution in [0.2, 0.25) is 0 Å². The van der Waals surface area contributed by atoms with E-state index in [4.69, 9.17) is 5.11 Å². The smallest absolute Gasteiger partial charge is 0.339 e. The maximum atomic E-state index is 10.9. The van der Waals surface area contributed by atoms with Crippen LogP contribution in [-0.2, 0) is 0 Å². The van der Waals surface area contributed by atoms with Crippen LogP contribution in [0.3, 0.4) is 0 Å². The number of aldehydes is 1. The van der Waals surface area contributed by atoms with Crippen molar-refractivity contribution in [3.8, 4) is 5.82 Å². The summed E-state index contributed by atoms with van der Waals surface area (Å²) in [5.41, 5.74) is 0.255. The summed E-state index contributed by atoms with van der Waals surface area (Å²) in [5, 5.41) is 12.8. The summed E-state index contributed by atoms with van der Waals surface area (Å²) in [6, 6.07) is 4.43. The summed E-state index contributed by atoms with van der Waals surface area (Å²) in [6.07, 6.45) is 3.53. The summed E-state index contributed by atoms with van der Waals surface area (Å²) in [6.45, 7) is 0. The summed E-state index contributed by atoms with van der Waals surface area (Å²) in [7, 11) is 0. The second kappa shape index (κ2) is 3.93. The number of aromatic nitrogens is 3. The second-order valence-corrected chi connectivity index (χ2v) is 2.98. The summed E-state index contributed by atoms with van der Waals surface area (Å²) >= 11 is 0. The SMILES string of the molecule is O=Cc1ccn(-c2ncccc2C(=O)O)n1. The molecule has 0 unspecified atom stereocenters. The Morgan fingerprint density at radius 1 is 1.44 bits per heavy atom. The fourth-order valence-electron chi connectivity index (χ4n) is 1.27. The Morgan fingerprint density at radius 3 is 2.88 bits per heavy atom. The van der Waals surface area contributed by atoms with Crippen LogP contribution in [0.15, 0.2) is 30.6 Å². The third kappa shape index (κ3) is 1.68. The van der Waals surface area contributed by atoms with Crippen LogP contribution < -0.4 is 0 Å². The van der Waals surface area contributed by atoms with Gasteiger partial charge < -0.3 is 5.11 Å². The van der Waals surface area contributed by atoms with Gasteiger partial charge in [0.05, 0.1) is 0 Å². The Kier molecular flexibility index (Phi) is 2.47. The minimum absolute atomic E-state index is 0.0306. The molecule has 80 valence electrons. The van der Waals surface area contributed by atoms with Gasteiger partial charge >= 0.3 is 5.97 Å². The van der Waals surface area contributed by atoms with Gasteiger partial charge in [-0.2, -0.15) is 5.10 Å². The highest BCUT2D eigenvalue weighted by Gasteiger charge is 2.12. The average Bonchev–Trinajstić information content (AvgIpc) is 2.77. The Labute approximate surface area is 90.2 Å². The van der Waals surface area contributed by atoms with Crippen molar-refractivity contribution in [3.05, 3.63) is 41.9 Å². The number of rotatable bonds is 3. The first-order valence-electron chi connectivity index (χ1n) is 4.42. The van der Waals surface area contributed by atoms with Gasteiger partial charge in [-0.25, -0.2) is 14.5 Å². The number of carboxylic acids is 1. The van der Waals surface area contributed by atoms with Gasteiger partial charge in [0.15, 0.2) is 12.1 Å². The monoisotopic (exact) mass is 217 g/mol. The Balaban J connectivity index is 2.54. The van der Waals surface area contributed by atoms with Crippen LogP contribution in [0, 0.1) is 0 Å². The van der Waals surface area contributed by atoms with Gasteiger partial charge in [-0.1, -0.05) is 0 Å². The molecule has 0 spiro atoms. The number of carbonyl (C=O) groups excluding carboxylic acids is 1. The van der Waals surface area contributed by atoms with Crippen LogP contribution >= 0.6 is 0 Å². The molecular formula is C10H7N3O3. The first-order chi connectivity index (χ1) is 7.72. The number of nitrogens with zero attached hydrogens (tertiary/aromatic N) is 3. The van der Waals surface area contributed by atoms with E-state index in [1.165, 1.54) is 35.3 Å². The molecule has 2 heterocycles. The van der Waals surface area contributed by atoms with Gasteiger partial charge in [-0.15, -0.1) is 0 Å². The van der Waals surface area contributed by atoms with Gasteiger partial charge in [0.25, 0.3) is 0 Å². The van der Waals surface area contributed by atoms with Crippen LogP contribution in [0.1, 0.15) is 20.8 Å². The highest BCUT2D eigenvalue weighted by Crippen LogP contribution is 2.10. The molecule has 0 aliphatic heterocycles. The normalized spacial score (nSPS) is 10.0.